The molecule has 1 heterocycles. The van der Waals surface area contributed by atoms with Crippen molar-refractivity contribution in [2.24, 2.45) is 0 Å². The first-order valence-corrected chi connectivity index (χ1v) is 9.93. The Hall–Kier alpha value is -2.14. The molecule has 1 amide bonds. The van der Waals surface area contributed by atoms with Crippen molar-refractivity contribution in [3.8, 4) is 0 Å². The van der Waals surface area contributed by atoms with Gasteiger partial charge in [0.2, 0.25) is 5.91 Å². The average molecular weight is 416 g/mol. The number of benzene rings is 2. The Morgan fingerprint density at radius 3 is 2.50 bits per heavy atom. The van der Waals surface area contributed by atoms with Gasteiger partial charge in [-0.2, -0.15) is 0 Å². The lowest BCUT2D eigenvalue weighted by atomic mass is 9.83. The van der Waals surface area contributed by atoms with Crippen molar-refractivity contribution >= 4 is 27.8 Å². The summed E-state index contributed by atoms with van der Waals surface area (Å²) in [6.07, 6.45) is 0.849. The highest BCUT2D eigenvalue weighted by atomic mass is 79.9. The van der Waals surface area contributed by atoms with Crippen molar-refractivity contribution in [2.75, 3.05) is 11.9 Å². The van der Waals surface area contributed by atoms with Crippen LogP contribution in [0, 0.1) is 0 Å². The van der Waals surface area contributed by atoms with Gasteiger partial charge in [0.1, 0.15) is 0 Å². The van der Waals surface area contributed by atoms with Crippen LogP contribution in [0.15, 0.2) is 54.6 Å². The Bertz CT molecular complexity index is 778. The minimum atomic E-state index is -0.268. The fraction of sp³-hybridized carbons (Fsp3) is 0.333. The van der Waals surface area contributed by atoms with Gasteiger partial charge in [-0.25, -0.2) is 0 Å². The maximum atomic E-state index is 12.8. The largest absolute Gasteiger partial charge is 0.466 e. The first-order chi connectivity index (χ1) is 12.7. The second-order valence-electron chi connectivity index (χ2n) is 6.31. The molecule has 0 spiro atoms. The first kappa shape index (κ1) is 18.6. The number of halogens is 1. The van der Waals surface area contributed by atoms with Crippen molar-refractivity contribution in [2.45, 2.75) is 31.8 Å². The molecule has 0 radical (unpaired) electrons. The number of carbonyl (C=O) groups excluding carboxylic acids is 2. The molecule has 0 N–H and O–H groups in total. The van der Waals surface area contributed by atoms with E-state index in [2.05, 4.69) is 28.1 Å². The molecule has 136 valence electrons. The van der Waals surface area contributed by atoms with Crippen molar-refractivity contribution in [1.82, 2.24) is 4.90 Å². The van der Waals surface area contributed by atoms with E-state index >= 15 is 0 Å². The lowest BCUT2D eigenvalue weighted by Crippen LogP contribution is -2.49. The summed E-state index contributed by atoms with van der Waals surface area (Å²) in [5, 5.41) is 0.220. The van der Waals surface area contributed by atoms with Gasteiger partial charge < -0.3 is 9.64 Å². The topological polar surface area (TPSA) is 46.6 Å². The molecule has 0 saturated carbocycles. The first-order valence-electron chi connectivity index (χ1n) is 8.81. The monoisotopic (exact) mass is 415 g/mol. The quantitative estimate of drug-likeness (QED) is 0.549. The van der Waals surface area contributed by atoms with Crippen molar-refractivity contribution < 1.29 is 14.3 Å². The highest BCUT2D eigenvalue weighted by molar-refractivity contribution is 9.09. The Balaban J connectivity index is 2.07. The van der Waals surface area contributed by atoms with E-state index in [0.717, 1.165) is 11.1 Å². The maximum absolute atomic E-state index is 12.8. The van der Waals surface area contributed by atoms with Crippen LogP contribution in [0.25, 0.3) is 0 Å². The molecule has 5 heteroatoms. The molecule has 2 aromatic rings. The summed E-state index contributed by atoms with van der Waals surface area (Å²) in [5.41, 5.74) is 3.34. The zero-order chi connectivity index (χ0) is 18.5. The van der Waals surface area contributed by atoms with E-state index < -0.39 is 0 Å². The van der Waals surface area contributed by atoms with E-state index in [1.807, 2.05) is 47.4 Å². The molecule has 0 fully saturated rings. The standard InChI is InChI=1S/C21H22BrNO3/c1-2-26-20(25)13-17-12-16-10-6-7-11-18(16)21(23(17)19(24)14-22)15-8-4-3-5-9-15/h3-11,17,21H,2,12-14H2,1H3/t17-,21-/m1/s1. The van der Waals surface area contributed by atoms with Crippen LogP contribution in [-0.4, -0.2) is 34.8 Å². The lowest BCUT2D eigenvalue weighted by molar-refractivity contribution is -0.146. The zero-order valence-corrected chi connectivity index (χ0v) is 16.3. The van der Waals surface area contributed by atoms with Gasteiger partial charge in [0.15, 0.2) is 0 Å². The molecule has 1 aliphatic heterocycles. The number of alkyl halides is 1. The van der Waals surface area contributed by atoms with Gasteiger partial charge in [-0.05, 0) is 30.0 Å². The average Bonchev–Trinajstić information content (AvgIpc) is 2.67. The molecule has 2 aromatic carbocycles. The normalized spacial score (nSPS) is 18.9. The molecule has 26 heavy (non-hydrogen) atoms. The zero-order valence-electron chi connectivity index (χ0n) is 14.7. The van der Waals surface area contributed by atoms with Crippen molar-refractivity contribution in [3.05, 3.63) is 71.3 Å². The fourth-order valence-corrected chi connectivity index (χ4v) is 3.96. The summed E-state index contributed by atoms with van der Waals surface area (Å²) in [5.74, 6) is -0.293. The predicted octanol–water partition coefficient (Wildman–Crippen LogP) is 3.88. The van der Waals surface area contributed by atoms with E-state index in [1.54, 1.807) is 6.92 Å². The summed E-state index contributed by atoms with van der Waals surface area (Å²) >= 11 is 3.31. The predicted molar refractivity (Wildman–Crippen MR) is 104 cm³/mol. The second kappa shape index (κ2) is 8.49. The molecular formula is C21H22BrNO3. The number of amides is 1. The van der Waals surface area contributed by atoms with E-state index in [9.17, 15) is 9.59 Å². The number of hydrogen-bond donors (Lipinski definition) is 0. The number of ether oxygens (including phenoxy) is 1. The number of fused-ring (bicyclic) bond motifs is 1. The number of hydrogen-bond acceptors (Lipinski definition) is 3. The highest BCUT2D eigenvalue weighted by Crippen LogP contribution is 2.39. The van der Waals surface area contributed by atoms with Crippen molar-refractivity contribution in [1.29, 1.82) is 0 Å². The van der Waals surface area contributed by atoms with Gasteiger partial charge in [0, 0.05) is 6.04 Å². The molecule has 0 aromatic heterocycles. The van der Waals surface area contributed by atoms with Crippen LogP contribution < -0.4 is 0 Å². The Morgan fingerprint density at radius 1 is 1.12 bits per heavy atom. The van der Waals surface area contributed by atoms with E-state index in [1.165, 1.54) is 5.56 Å². The van der Waals surface area contributed by atoms with Crippen LogP contribution in [0.3, 0.4) is 0 Å². The second-order valence-corrected chi connectivity index (χ2v) is 6.87. The molecule has 0 aliphatic carbocycles. The third-order valence-corrected chi connectivity index (χ3v) is 5.18. The molecule has 0 bridgehead atoms. The third kappa shape index (κ3) is 3.83. The maximum Gasteiger partial charge on any atom is 0.307 e. The number of carbonyl (C=O) groups is 2. The lowest BCUT2D eigenvalue weighted by Gasteiger charge is -2.43. The number of rotatable bonds is 5. The number of esters is 1. The minimum Gasteiger partial charge on any atom is -0.466 e. The van der Waals surface area contributed by atoms with Gasteiger partial charge in [0.05, 0.1) is 24.4 Å². The summed E-state index contributed by atoms with van der Waals surface area (Å²) in [6.45, 7) is 2.14. The van der Waals surface area contributed by atoms with Crippen molar-refractivity contribution in [3.63, 3.8) is 0 Å². The van der Waals surface area contributed by atoms with Crippen LogP contribution >= 0.6 is 15.9 Å². The van der Waals surface area contributed by atoms with Gasteiger partial charge in [-0.3, -0.25) is 9.59 Å². The van der Waals surface area contributed by atoms with E-state index in [4.69, 9.17) is 4.74 Å². The van der Waals surface area contributed by atoms with E-state index in [0.29, 0.717) is 13.0 Å². The molecule has 4 nitrogen and oxygen atoms in total. The van der Waals surface area contributed by atoms with Crippen LogP contribution in [0.5, 0.6) is 0 Å². The van der Waals surface area contributed by atoms with Crippen LogP contribution in [0.1, 0.15) is 36.1 Å². The van der Waals surface area contributed by atoms with Gasteiger partial charge in [-0.1, -0.05) is 70.5 Å². The van der Waals surface area contributed by atoms with Crippen LogP contribution in [0.2, 0.25) is 0 Å². The molecule has 2 atom stereocenters. The Kier molecular flexibility index (Phi) is 6.09. The van der Waals surface area contributed by atoms with Gasteiger partial charge in [0.25, 0.3) is 0 Å². The summed E-state index contributed by atoms with van der Waals surface area (Å²) in [6, 6.07) is 17.7. The highest BCUT2D eigenvalue weighted by Gasteiger charge is 2.38. The van der Waals surface area contributed by atoms with Gasteiger partial charge >= 0.3 is 5.97 Å². The summed E-state index contributed by atoms with van der Waals surface area (Å²) in [4.78, 5) is 26.8. The van der Waals surface area contributed by atoms with E-state index in [-0.39, 0.29) is 35.7 Å². The Labute approximate surface area is 162 Å². The summed E-state index contributed by atoms with van der Waals surface area (Å²) < 4.78 is 5.15. The smallest absolute Gasteiger partial charge is 0.307 e. The van der Waals surface area contributed by atoms with Crippen LogP contribution in [-0.2, 0) is 20.7 Å². The minimum absolute atomic E-state index is 0.0253. The third-order valence-electron chi connectivity index (χ3n) is 4.70. The Morgan fingerprint density at radius 2 is 1.81 bits per heavy atom. The molecule has 1 aliphatic rings. The molecule has 3 rings (SSSR count). The number of nitrogens with zero attached hydrogens (tertiary/aromatic N) is 1. The summed E-state index contributed by atoms with van der Waals surface area (Å²) in [7, 11) is 0. The molecule has 0 unspecified atom stereocenters. The fourth-order valence-electron chi connectivity index (χ4n) is 3.67. The molecular weight excluding hydrogens is 394 g/mol. The van der Waals surface area contributed by atoms with Gasteiger partial charge in [-0.15, -0.1) is 0 Å². The van der Waals surface area contributed by atoms with Crippen LogP contribution in [0.4, 0.5) is 0 Å². The molecule has 0 saturated heterocycles. The SMILES string of the molecule is CCOC(=O)C[C@H]1Cc2ccccc2[C@@H](c2ccccc2)N1C(=O)CBr.